The van der Waals surface area contributed by atoms with Gasteiger partial charge in [-0.15, -0.1) is 0 Å². The summed E-state index contributed by atoms with van der Waals surface area (Å²) in [6.07, 6.45) is 1.22. The van der Waals surface area contributed by atoms with Crippen LogP contribution >= 0.6 is 7.80 Å². The third-order valence-electron chi connectivity index (χ3n) is 2.24. The Bertz CT molecular complexity index is 227. The van der Waals surface area contributed by atoms with E-state index in [0.717, 1.165) is 0 Å². The van der Waals surface area contributed by atoms with Gasteiger partial charge in [0, 0.05) is 24.4 Å². The van der Waals surface area contributed by atoms with E-state index in [9.17, 15) is 9.36 Å². The maximum absolute atomic E-state index is 11.3. The highest BCUT2D eigenvalue weighted by Gasteiger charge is 2.34. The Hall–Kier alpha value is -0.500. The van der Waals surface area contributed by atoms with Crippen LogP contribution in [-0.4, -0.2) is 35.3 Å². The van der Waals surface area contributed by atoms with Crippen LogP contribution in [0.15, 0.2) is 0 Å². The van der Waals surface area contributed by atoms with Crippen LogP contribution in [0, 0.1) is 0 Å². The minimum Gasteiger partial charge on any atom is -0.351 e. The van der Waals surface area contributed by atoms with Gasteiger partial charge in [-0.3, -0.25) is 0 Å². The second kappa shape index (κ2) is 3.09. The molecule has 1 aliphatic heterocycles. The van der Waals surface area contributed by atoms with E-state index in [2.05, 4.69) is 0 Å². The van der Waals surface area contributed by atoms with E-state index >= 15 is 0 Å². The molecule has 70 valence electrons. The average Bonchev–Trinajstić information content (AvgIpc) is 1.82. The summed E-state index contributed by atoms with van der Waals surface area (Å²) in [5.74, 6) is 0. The Morgan fingerprint density at radius 2 is 2.17 bits per heavy atom. The van der Waals surface area contributed by atoms with Crippen molar-refractivity contribution in [2.45, 2.75) is 19.4 Å². The van der Waals surface area contributed by atoms with E-state index in [4.69, 9.17) is 5.73 Å². The normalized spacial score (nSPS) is 28.5. The minimum absolute atomic E-state index is 0.319. The maximum Gasteiger partial charge on any atom is 0.315 e. The first-order chi connectivity index (χ1) is 5.43. The molecule has 0 aromatic heterocycles. The summed E-state index contributed by atoms with van der Waals surface area (Å²) >= 11 is 0. The third kappa shape index (κ3) is 1.81. The second-order valence-corrected chi connectivity index (χ2v) is 5.70. The fourth-order valence-electron chi connectivity index (χ4n) is 1.61. The highest BCUT2D eigenvalue weighted by atomic mass is 31.1. The summed E-state index contributed by atoms with van der Waals surface area (Å²) in [5.41, 5.74) is 4.87. The van der Waals surface area contributed by atoms with Gasteiger partial charge in [0.2, 0.25) is 0 Å². The largest absolute Gasteiger partial charge is 0.351 e. The van der Waals surface area contributed by atoms with Crippen molar-refractivity contribution in [2.75, 3.05) is 18.9 Å². The number of carbonyl (C=O) groups excluding carboxylic acids is 1. The zero-order valence-electron chi connectivity index (χ0n) is 7.46. The molecule has 0 spiro atoms. The Morgan fingerprint density at radius 3 is 2.58 bits per heavy atom. The Kier molecular flexibility index (Phi) is 2.47. The lowest BCUT2D eigenvalue weighted by atomic mass is 10.1. The molecule has 1 heterocycles. The third-order valence-corrected chi connectivity index (χ3v) is 4.28. The molecule has 0 radical (unpaired) electrons. The lowest BCUT2D eigenvalue weighted by Crippen LogP contribution is -2.55. The van der Waals surface area contributed by atoms with Gasteiger partial charge in [-0.1, -0.05) is 0 Å². The van der Waals surface area contributed by atoms with Gasteiger partial charge in [0.05, 0.1) is 7.80 Å². The molecule has 0 aliphatic carbocycles. The van der Waals surface area contributed by atoms with Gasteiger partial charge < -0.3 is 15.2 Å². The van der Waals surface area contributed by atoms with Gasteiger partial charge in [-0.05, 0) is 13.8 Å². The fraction of sp³-hybridized carbons (Fsp3) is 0.857. The Balaban J connectivity index is 2.77. The van der Waals surface area contributed by atoms with Crippen molar-refractivity contribution in [3.63, 3.8) is 0 Å². The molecule has 5 heteroatoms. The quantitative estimate of drug-likeness (QED) is 0.572. The van der Waals surface area contributed by atoms with Gasteiger partial charge in [-0.2, -0.15) is 0 Å². The summed E-state index contributed by atoms with van der Waals surface area (Å²) in [6.45, 7) is 4.35. The first-order valence-electron chi connectivity index (χ1n) is 4.02. The van der Waals surface area contributed by atoms with Gasteiger partial charge in [0.1, 0.15) is 0 Å². The molecular formula is C7H15N2O2P. The van der Waals surface area contributed by atoms with Crippen molar-refractivity contribution >= 4 is 13.8 Å². The molecule has 1 fully saturated rings. The predicted molar refractivity (Wildman–Crippen MR) is 49.1 cm³/mol. The monoisotopic (exact) mass is 190 g/mol. The molecule has 0 saturated carbocycles. The zero-order chi connectivity index (χ0) is 9.35. The van der Waals surface area contributed by atoms with Crippen LogP contribution in [0.2, 0.25) is 0 Å². The molecule has 2 amide bonds. The number of urea groups is 1. The second-order valence-electron chi connectivity index (χ2n) is 3.77. The Morgan fingerprint density at radius 1 is 1.58 bits per heavy atom. The van der Waals surface area contributed by atoms with Crippen LogP contribution in [0.25, 0.3) is 0 Å². The number of nitrogens with two attached hydrogens (primary N) is 1. The number of hydrogen-bond donors (Lipinski definition) is 1. The topological polar surface area (TPSA) is 63.4 Å². The number of hydrogen-bond acceptors (Lipinski definition) is 2. The van der Waals surface area contributed by atoms with E-state index in [0.29, 0.717) is 18.9 Å². The summed E-state index contributed by atoms with van der Waals surface area (Å²) in [5, 5.41) is 0. The number of rotatable bonds is 0. The molecule has 12 heavy (non-hydrogen) atoms. The van der Waals surface area contributed by atoms with Crippen LogP contribution in [-0.2, 0) is 4.57 Å². The standard InChI is InChI=1S/C7H15N2O2P/c1-7(2)5-12(11)4-3-9(7)6(8)10/h12H,3-5H2,1-2H3,(H2,8,10). The SMILES string of the molecule is CC1(C)C[PH](=O)CCN1C(N)=O. The zero-order valence-corrected chi connectivity index (χ0v) is 8.46. The van der Waals surface area contributed by atoms with Crippen molar-refractivity contribution in [1.29, 1.82) is 0 Å². The van der Waals surface area contributed by atoms with Crippen molar-refractivity contribution in [3.8, 4) is 0 Å². The molecule has 1 aliphatic rings. The van der Waals surface area contributed by atoms with Gasteiger partial charge in [0.25, 0.3) is 0 Å². The summed E-state index contributed by atoms with van der Waals surface area (Å²) in [7, 11) is -1.46. The predicted octanol–water partition coefficient (Wildman–Crippen LogP) is 0.719. The van der Waals surface area contributed by atoms with E-state index in [1.54, 1.807) is 4.90 Å². The fourth-order valence-corrected chi connectivity index (χ4v) is 3.42. The average molecular weight is 190 g/mol. The summed E-state index contributed by atoms with van der Waals surface area (Å²) in [4.78, 5) is 12.5. The van der Waals surface area contributed by atoms with Crippen molar-refractivity contribution < 1.29 is 9.36 Å². The van der Waals surface area contributed by atoms with Crippen LogP contribution in [0.3, 0.4) is 0 Å². The van der Waals surface area contributed by atoms with E-state index in [1.165, 1.54) is 0 Å². The molecule has 4 nitrogen and oxygen atoms in total. The van der Waals surface area contributed by atoms with Crippen molar-refractivity contribution in [3.05, 3.63) is 0 Å². The van der Waals surface area contributed by atoms with E-state index in [1.807, 2.05) is 13.8 Å². The lowest BCUT2D eigenvalue weighted by molar-refractivity contribution is 0.156. The van der Waals surface area contributed by atoms with E-state index in [-0.39, 0.29) is 5.54 Å². The maximum atomic E-state index is 11.3. The Labute approximate surface area is 72.9 Å². The molecule has 1 rings (SSSR count). The van der Waals surface area contributed by atoms with Gasteiger partial charge >= 0.3 is 6.03 Å². The molecule has 2 N–H and O–H groups in total. The number of amides is 2. The lowest BCUT2D eigenvalue weighted by Gasteiger charge is -2.40. The highest BCUT2D eigenvalue weighted by molar-refractivity contribution is 7.44. The smallest absolute Gasteiger partial charge is 0.315 e. The molecule has 0 bridgehead atoms. The number of carbonyl (C=O) groups is 1. The van der Waals surface area contributed by atoms with Crippen LogP contribution in [0.1, 0.15) is 13.8 Å². The number of nitrogens with zero attached hydrogens (tertiary/aromatic N) is 1. The van der Waals surface area contributed by atoms with Gasteiger partial charge in [-0.25, -0.2) is 4.79 Å². The van der Waals surface area contributed by atoms with Crippen LogP contribution in [0.4, 0.5) is 4.79 Å². The molecule has 1 saturated heterocycles. The summed E-state index contributed by atoms with van der Waals surface area (Å²) < 4.78 is 11.3. The van der Waals surface area contributed by atoms with Crippen LogP contribution in [0.5, 0.6) is 0 Å². The van der Waals surface area contributed by atoms with Crippen molar-refractivity contribution in [1.82, 2.24) is 4.90 Å². The molecular weight excluding hydrogens is 175 g/mol. The van der Waals surface area contributed by atoms with Crippen molar-refractivity contribution in [2.24, 2.45) is 5.73 Å². The number of primary amides is 1. The van der Waals surface area contributed by atoms with E-state index < -0.39 is 13.8 Å². The highest BCUT2D eigenvalue weighted by Crippen LogP contribution is 2.34. The van der Waals surface area contributed by atoms with Crippen LogP contribution < -0.4 is 5.73 Å². The minimum atomic E-state index is -1.46. The summed E-state index contributed by atoms with van der Waals surface area (Å²) in [6, 6.07) is -0.408. The van der Waals surface area contributed by atoms with Gasteiger partial charge in [0.15, 0.2) is 0 Å². The molecule has 0 aromatic rings. The first kappa shape index (κ1) is 9.59. The molecule has 1 unspecified atom stereocenters. The first-order valence-corrected chi connectivity index (χ1v) is 5.84. The molecule has 1 atom stereocenters. The molecule has 0 aromatic carbocycles.